The van der Waals surface area contributed by atoms with Crippen LogP contribution in [0.1, 0.15) is 31.7 Å². The lowest BCUT2D eigenvalue weighted by Gasteiger charge is -2.31. The average molecular weight is 506 g/mol. The van der Waals surface area contributed by atoms with Crippen molar-refractivity contribution in [2.75, 3.05) is 19.5 Å². The van der Waals surface area contributed by atoms with Crippen LogP contribution in [0, 0.1) is 5.92 Å². The molecule has 3 aromatic heterocycles. The van der Waals surface area contributed by atoms with Crippen molar-refractivity contribution in [3.05, 3.63) is 40.9 Å². The van der Waals surface area contributed by atoms with Gasteiger partial charge in [0.15, 0.2) is 5.43 Å². The van der Waals surface area contributed by atoms with Crippen molar-refractivity contribution >= 4 is 40.1 Å². The summed E-state index contributed by atoms with van der Waals surface area (Å²) in [7, 11) is -4.57. The van der Waals surface area contributed by atoms with Crippen LogP contribution in [0.25, 0.3) is 21.9 Å². The van der Waals surface area contributed by atoms with Crippen LogP contribution in [-0.2, 0) is 25.8 Å². The minimum atomic E-state index is -3.42. The zero-order valence-electron chi connectivity index (χ0n) is 20.5. The maximum absolute atomic E-state index is 12.6. The van der Waals surface area contributed by atoms with Crippen molar-refractivity contribution in [2.24, 2.45) is 5.92 Å². The summed E-state index contributed by atoms with van der Waals surface area (Å²) >= 11 is 0. The van der Waals surface area contributed by atoms with Gasteiger partial charge < -0.3 is 13.9 Å². The van der Waals surface area contributed by atoms with Crippen LogP contribution >= 0.6 is 0 Å². The van der Waals surface area contributed by atoms with E-state index in [0.29, 0.717) is 12.1 Å². The maximum atomic E-state index is 12.6. The number of rotatable bonds is 9. The molecule has 0 aliphatic heterocycles. The summed E-state index contributed by atoms with van der Waals surface area (Å²) in [4.78, 5) is 17.3. The molecule has 0 N–H and O–H groups in total. The third-order valence-corrected chi connectivity index (χ3v) is 8.89. The third kappa shape index (κ3) is 5.97. The summed E-state index contributed by atoms with van der Waals surface area (Å²) in [6, 6.07) is 4.98. The molecule has 0 saturated heterocycles. The van der Waals surface area contributed by atoms with E-state index in [-0.39, 0.29) is 24.0 Å². The second-order valence-corrected chi connectivity index (χ2v) is 17.9. The maximum Gasteiger partial charge on any atom is 0.264 e. The molecule has 186 valence electrons. The van der Waals surface area contributed by atoms with Crippen molar-refractivity contribution in [1.29, 1.82) is 0 Å². The Bertz CT molecular complexity index is 1320. The lowest BCUT2D eigenvalue weighted by molar-refractivity contribution is 0.0899. The van der Waals surface area contributed by atoms with Gasteiger partial charge in [-0.05, 0) is 43.7 Å². The third-order valence-electron chi connectivity index (χ3n) is 6.62. The fraction of sp³-hybridized carbons (Fsp3) is 0.583. The van der Waals surface area contributed by atoms with Gasteiger partial charge in [0, 0.05) is 50.8 Å². The molecular weight excluding hydrogens is 470 g/mol. The SMILES string of the molecule is C[Si](C)(C)CCOCn1ccc2c1ncc1c(=O)ccn([C@H]3CC[C@H](COS(C)(=O)=O)CC3)c12. The summed E-state index contributed by atoms with van der Waals surface area (Å²) in [6.45, 7) is 8.42. The van der Waals surface area contributed by atoms with Crippen LogP contribution in [0.2, 0.25) is 25.7 Å². The van der Waals surface area contributed by atoms with Gasteiger partial charge in [-0.25, -0.2) is 4.98 Å². The number of pyridine rings is 2. The molecule has 1 saturated carbocycles. The average Bonchev–Trinajstić information content (AvgIpc) is 3.18. The molecule has 10 heteroatoms. The molecule has 3 aromatic rings. The van der Waals surface area contributed by atoms with E-state index in [1.165, 1.54) is 0 Å². The zero-order chi connectivity index (χ0) is 24.5. The van der Waals surface area contributed by atoms with Gasteiger partial charge in [0.1, 0.15) is 12.4 Å². The molecule has 0 bridgehead atoms. The second kappa shape index (κ2) is 9.92. The van der Waals surface area contributed by atoms with Gasteiger partial charge in [-0.3, -0.25) is 8.98 Å². The predicted octanol–water partition coefficient (Wildman–Crippen LogP) is 4.37. The standard InChI is InChI=1S/C24H35N3O5SSi/c1-33(29,30)32-16-18-5-7-19(8-6-18)27-12-10-22(28)21-15-25-24-20(23(21)27)9-11-26(24)17-31-13-14-34(2,3)4/h9-12,15,18-19H,5-8,13-14,16-17H2,1-4H3/t18-,19-. The quantitative estimate of drug-likeness (QED) is 0.244. The van der Waals surface area contributed by atoms with Crippen LogP contribution in [0.3, 0.4) is 0 Å². The van der Waals surface area contributed by atoms with Crippen molar-refractivity contribution in [2.45, 2.75) is 64.1 Å². The van der Waals surface area contributed by atoms with Crippen LogP contribution in [-0.4, -0.2) is 50.1 Å². The number of ether oxygens (including phenoxy) is 1. The Labute approximate surface area is 202 Å². The number of fused-ring (bicyclic) bond motifs is 3. The lowest BCUT2D eigenvalue weighted by Crippen LogP contribution is -2.23. The highest BCUT2D eigenvalue weighted by Crippen LogP contribution is 2.35. The van der Waals surface area contributed by atoms with E-state index in [9.17, 15) is 13.2 Å². The first-order valence-electron chi connectivity index (χ1n) is 11.9. The molecule has 1 aliphatic rings. The Morgan fingerprint density at radius 2 is 1.82 bits per heavy atom. The highest BCUT2D eigenvalue weighted by atomic mass is 32.2. The summed E-state index contributed by atoms with van der Waals surface area (Å²) in [5.74, 6) is 0.229. The minimum Gasteiger partial charge on any atom is -0.361 e. The number of hydrogen-bond donors (Lipinski definition) is 0. The monoisotopic (exact) mass is 505 g/mol. The first-order valence-corrected chi connectivity index (χ1v) is 17.4. The summed E-state index contributed by atoms with van der Waals surface area (Å²) < 4.78 is 37.8. The van der Waals surface area contributed by atoms with Crippen molar-refractivity contribution < 1.29 is 17.3 Å². The van der Waals surface area contributed by atoms with E-state index in [1.807, 2.05) is 23.0 Å². The normalized spacial score (nSPS) is 19.8. The van der Waals surface area contributed by atoms with E-state index in [4.69, 9.17) is 8.92 Å². The Morgan fingerprint density at radius 3 is 2.50 bits per heavy atom. The van der Waals surface area contributed by atoms with Crippen LogP contribution in [0.5, 0.6) is 0 Å². The van der Waals surface area contributed by atoms with E-state index in [2.05, 4.69) is 29.2 Å². The van der Waals surface area contributed by atoms with Gasteiger partial charge in [-0.1, -0.05) is 19.6 Å². The Balaban J connectivity index is 1.57. The molecule has 0 aromatic carbocycles. The smallest absolute Gasteiger partial charge is 0.264 e. The fourth-order valence-electron chi connectivity index (χ4n) is 4.65. The Hall–Kier alpha value is -2.01. The highest BCUT2D eigenvalue weighted by molar-refractivity contribution is 7.85. The van der Waals surface area contributed by atoms with Gasteiger partial charge in [-0.15, -0.1) is 0 Å². The molecule has 0 spiro atoms. The first-order chi connectivity index (χ1) is 16.0. The molecule has 0 radical (unpaired) electrons. The molecule has 8 nitrogen and oxygen atoms in total. The van der Waals surface area contributed by atoms with E-state index >= 15 is 0 Å². The largest absolute Gasteiger partial charge is 0.361 e. The number of nitrogens with zero attached hydrogens (tertiary/aromatic N) is 3. The molecule has 3 heterocycles. The van der Waals surface area contributed by atoms with Crippen LogP contribution in [0.4, 0.5) is 0 Å². The highest BCUT2D eigenvalue weighted by Gasteiger charge is 2.25. The molecule has 0 unspecified atom stereocenters. The molecule has 1 fully saturated rings. The minimum absolute atomic E-state index is 0.0324. The van der Waals surface area contributed by atoms with Gasteiger partial charge in [-0.2, -0.15) is 8.42 Å². The molecule has 0 amide bonds. The Morgan fingerprint density at radius 1 is 1.09 bits per heavy atom. The molecule has 1 aliphatic carbocycles. The van der Waals surface area contributed by atoms with Gasteiger partial charge in [0.25, 0.3) is 10.1 Å². The fourth-order valence-corrected chi connectivity index (χ4v) is 5.85. The summed E-state index contributed by atoms with van der Waals surface area (Å²) in [5, 5.41) is 1.57. The molecule has 4 rings (SSSR count). The van der Waals surface area contributed by atoms with Crippen LogP contribution < -0.4 is 5.43 Å². The van der Waals surface area contributed by atoms with E-state index < -0.39 is 18.2 Å². The summed E-state index contributed by atoms with van der Waals surface area (Å²) in [6.07, 6.45) is 10.2. The van der Waals surface area contributed by atoms with E-state index in [0.717, 1.165) is 61.1 Å². The predicted molar refractivity (Wildman–Crippen MR) is 137 cm³/mol. The molecule has 34 heavy (non-hydrogen) atoms. The van der Waals surface area contributed by atoms with Crippen molar-refractivity contribution in [1.82, 2.24) is 14.1 Å². The van der Waals surface area contributed by atoms with Gasteiger partial charge in [0.05, 0.1) is 23.8 Å². The van der Waals surface area contributed by atoms with Crippen molar-refractivity contribution in [3.63, 3.8) is 0 Å². The topological polar surface area (TPSA) is 92.4 Å². The number of aromatic nitrogens is 3. The lowest BCUT2D eigenvalue weighted by atomic mass is 9.86. The van der Waals surface area contributed by atoms with Crippen molar-refractivity contribution in [3.8, 4) is 0 Å². The molecule has 0 atom stereocenters. The van der Waals surface area contributed by atoms with Gasteiger partial charge in [0.2, 0.25) is 0 Å². The zero-order valence-corrected chi connectivity index (χ0v) is 22.3. The Kier molecular flexibility index (Phi) is 7.32. The first kappa shape index (κ1) is 25.1. The summed E-state index contributed by atoms with van der Waals surface area (Å²) in [5.41, 5.74) is 1.69. The number of hydrogen-bond acceptors (Lipinski definition) is 6. The molecular formula is C24H35N3O5SSi. The second-order valence-electron chi connectivity index (χ2n) is 10.6. The van der Waals surface area contributed by atoms with Gasteiger partial charge >= 0.3 is 0 Å². The van der Waals surface area contributed by atoms with E-state index in [1.54, 1.807) is 12.3 Å². The van der Waals surface area contributed by atoms with Crippen LogP contribution in [0.15, 0.2) is 35.5 Å².